The fourth-order valence-electron chi connectivity index (χ4n) is 2.23. The molecule has 0 saturated heterocycles. The van der Waals surface area contributed by atoms with Crippen molar-refractivity contribution in [3.05, 3.63) is 41.6 Å². The van der Waals surface area contributed by atoms with Crippen LogP contribution in [-0.2, 0) is 0 Å². The Balaban J connectivity index is 1.74. The van der Waals surface area contributed by atoms with Gasteiger partial charge in [0, 0.05) is 5.39 Å². The summed E-state index contributed by atoms with van der Waals surface area (Å²) in [5.41, 5.74) is 2.25. The zero-order chi connectivity index (χ0) is 15.1. The summed E-state index contributed by atoms with van der Waals surface area (Å²) >= 11 is 7.42. The van der Waals surface area contributed by atoms with Crippen molar-refractivity contribution in [1.82, 2.24) is 14.9 Å². The molecule has 3 aromatic rings. The number of halogens is 1. The lowest BCUT2D eigenvalue weighted by molar-refractivity contribution is 0.475. The van der Waals surface area contributed by atoms with E-state index in [0.717, 1.165) is 16.6 Å². The largest absolute Gasteiger partial charge is 0.506 e. The van der Waals surface area contributed by atoms with E-state index in [1.54, 1.807) is 12.3 Å². The summed E-state index contributed by atoms with van der Waals surface area (Å²) < 4.78 is 3.08. The van der Waals surface area contributed by atoms with Crippen molar-refractivity contribution in [1.29, 1.82) is 0 Å². The normalized spacial score (nSPS) is 13.4. The second kappa shape index (κ2) is 5.11. The van der Waals surface area contributed by atoms with Gasteiger partial charge in [0.25, 0.3) is 0 Å². The molecule has 0 amide bonds. The Kier molecular flexibility index (Phi) is 3.09. The number of hydrogen-bond acceptors (Lipinski definition) is 6. The summed E-state index contributed by atoms with van der Waals surface area (Å²) in [5.74, 6) is 0.609. The topological polar surface area (TPSA) is 85.3 Å². The fourth-order valence-corrected chi connectivity index (χ4v) is 3.21. The number of aliphatic imine (C=N–C) groups is 1. The van der Waals surface area contributed by atoms with Gasteiger partial charge in [-0.1, -0.05) is 17.7 Å². The predicted octanol–water partition coefficient (Wildman–Crippen LogP) is 3.63. The number of aromatic nitrogens is 2. The number of benzene rings is 2. The maximum atomic E-state index is 9.95. The van der Waals surface area contributed by atoms with Crippen LogP contribution in [0.2, 0.25) is 5.02 Å². The highest BCUT2D eigenvalue weighted by Gasteiger charge is 2.19. The number of H-pyrrole nitrogens is 1. The van der Waals surface area contributed by atoms with Crippen LogP contribution in [0.25, 0.3) is 10.9 Å². The SMILES string of the molecule is Oc1ccc(Cl)c2c1N=C(Nc1cccc3[nH]ncc13)NS2. The van der Waals surface area contributed by atoms with Crippen LogP contribution in [0.5, 0.6) is 5.75 Å². The number of fused-ring (bicyclic) bond motifs is 2. The van der Waals surface area contributed by atoms with Crippen molar-refractivity contribution >= 4 is 51.8 Å². The first kappa shape index (κ1) is 13.3. The Hall–Kier alpha value is -2.38. The lowest BCUT2D eigenvalue weighted by Gasteiger charge is -2.19. The Bertz CT molecular complexity index is 907. The van der Waals surface area contributed by atoms with Gasteiger partial charge in [-0.15, -0.1) is 0 Å². The molecule has 1 aromatic heterocycles. The summed E-state index contributed by atoms with van der Waals surface area (Å²) in [4.78, 5) is 5.10. The molecule has 1 aliphatic heterocycles. The minimum atomic E-state index is 0.0919. The Morgan fingerprint density at radius 2 is 2.14 bits per heavy atom. The number of anilines is 1. The van der Waals surface area contributed by atoms with E-state index in [-0.39, 0.29) is 5.75 Å². The zero-order valence-electron chi connectivity index (χ0n) is 11.1. The molecule has 1 aliphatic rings. The highest BCUT2D eigenvalue weighted by atomic mass is 35.5. The summed E-state index contributed by atoms with van der Waals surface area (Å²) in [6.07, 6.45) is 1.75. The van der Waals surface area contributed by atoms with Crippen molar-refractivity contribution in [3.63, 3.8) is 0 Å². The molecule has 0 spiro atoms. The Morgan fingerprint density at radius 3 is 3.05 bits per heavy atom. The van der Waals surface area contributed by atoms with Gasteiger partial charge in [0.2, 0.25) is 5.96 Å². The van der Waals surface area contributed by atoms with Crippen molar-refractivity contribution in [2.24, 2.45) is 4.99 Å². The quantitative estimate of drug-likeness (QED) is 0.512. The summed E-state index contributed by atoms with van der Waals surface area (Å²) in [6, 6.07) is 8.97. The molecule has 2 aromatic carbocycles. The molecule has 4 rings (SSSR count). The number of rotatable bonds is 1. The second-order valence-electron chi connectivity index (χ2n) is 4.67. The van der Waals surface area contributed by atoms with Crippen molar-refractivity contribution < 1.29 is 5.11 Å². The molecular weight excluding hydrogens is 322 g/mol. The lowest BCUT2D eigenvalue weighted by Crippen LogP contribution is -2.27. The maximum Gasteiger partial charge on any atom is 0.211 e. The van der Waals surface area contributed by atoms with Gasteiger partial charge in [0.05, 0.1) is 27.3 Å². The first-order valence-electron chi connectivity index (χ1n) is 6.44. The number of nitrogens with zero attached hydrogens (tertiary/aromatic N) is 2. The third kappa shape index (κ3) is 2.15. The third-order valence-corrected chi connectivity index (χ3v) is 4.61. The Labute approximate surface area is 134 Å². The van der Waals surface area contributed by atoms with Crippen LogP contribution in [0, 0.1) is 0 Å². The summed E-state index contributed by atoms with van der Waals surface area (Å²) in [7, 11) is 0. The van der Waals surface area contributed by atoms with Crippen molar-refractivity contribution in [3.8, 4) is 5.75 Å². The molecule has 0 bridgehead atoms. The average molecular weight is 332 g/mol. The van der Waals surface area contributed by atoms with Gasteiger partial charge in [0.1, 0.15) is 11.4 Å². The number of phenols is 1. The molecule has 0 radical (unpaired) electrons. The minimum Gasteiger partial charge on any atom is -0.506 e. The number of nitrogens with one attached hydrogen (secondary N) is 3. The highest BCUT2D eigenvalue weighted by Crippen LogP contribution is 2.43. The molecule has 2 heterocycles. The fraction of sp³-hybridized carbons (Fsp3) is 0. The van der Waals surface area contributed by atoms with Gasteiger partial charge in [-0.05, 0) is 36.2 Å². The number of aromatic amines is 1. The molecule has 0 aliphatic carbocycles. The maximum absolute atomic E-state index is 9.95. The molecule has 0 atom stereocenters. The molecular formula is C14H10ClN5OS. The van der Waals surface area contributed by atoms with Gasteiger partial charge in [-0.2, -0.15) is 5.10 Å². The van der Waals surface area contributed by atoms with E-state index in [1.807, 2.05) is 18.2 Å². The molecule has 6 nitrogen and oxygen atoms in total. The van der Waals surface area contributed by atoms with Crippen LogP contribution in [0.3, 0.4) is 0 Å². The van der Waals surface area contributed by atoms with Crippen molar-refractivity contribution in [2.45, 2.75) is 4.90 Å². The molecule has 4 N–H and O–H groups in total. The van der Waals surface area contributed by atoms with Gasteiger partial charge < -0.3 is 10.4 Å². The van der Waals surface area contributed by atoms with E-state index in [2.05, 4.69) is 25.2 Å². The van der Waals surface area contributed by atoms with Gasteiger partial charge in [-0.25, -0.2) is 4.99 Å². The summed E-state index contributed by atoms with van der Waals surface area (Å²) in [5, 5.41) is 21.6. The molecule has 0 unspecified atom stereocenters. The molecule has 110 valence electrons. The molecule has 22 heavy (non-hydrogen) atoms. The monoisotopic (exact) mass is 331 g/mol. The van der Waals surface area contributed by atoms with Crippen LogP contribution in [0.4, 0.5) is 11.4 Å². The van der Waals surface area contributed by atoms with Crippen LogP contribution >= 0.6 is 23.5 Å². The van der Waals surface area contributed by atoms with Crippen molar-refractivity contribution in [2.75, 3.05) is 5.32 Å². The first-order valence-corrected chi connectivity index (χ1v) is 7.64. The van der Waals surface area contributed by atoms with E-state index in [1.165, 1.54) is 18.0 Å². The second-order valence-corrected chi connectivity index (χ2v) is 5.89. The standard InChI is InChI=1S/C14H10ClN5OS/c15-8-4-5-11(21)12-13(8)22-20-14(18-12)17-9-2-1-3-10-7(9)6-16-19-10/h1-6,21H,(H,16,19)(H2,17,18,20). The lowest BCUT2D eigenvalue weighted by atomic mass is 10.2. The van der Waals surface area contributed by atoms with Crippen LogP contribution in [0.1, 0.15) is 0 Å². The van der Waals surface area contributed by atoms with Crippen LogP contribution < -0.4 is 10.0 Å². The Morgan fingerprint density at radius 1 is 1.23 bits per heavy atom. The third-order valence-electron chi connectivity index (χ3n) is 3.27. The van der Waals surface area contributed by atoms with E-state index < -0.39 is 0 Å². The molecule has 0 fully saturated rings. The smallest absolute Gasteiger partial charge is 0.211 e. The predicted molar refractivity (Wildman–Crippen MR) is 88.9 cm³/mol. The van der Waals surface area contributed by atoms with Gasteiger partial charge >= 0.3 is 0 Å². The minimum absolute atomic E-state index is 0.0919. The van der Waals surface area contributed by atoms with Gasteiger partial charge in [0.15, 0.2) is 0 Å². The first-order chi connectivity index (χ1) is 10.7. The molecule has 0 saturated carbocycles. The van der Waals surface area contributed by atoms with Crippen LogP contribution in [-0.4, -0.2) is 21.3 Å². The number of guanidine groups is 1. The average Bonchev–Trinajstić information content (AvgIpc) is 3.01. The van der Waals surface area contributed by atoms with Gasteiger partial charge in [-0.3, -0.25) is 9.82 Å². The van der Waals surface area contributed by atoms with Crippen LogP contribution in [0.15, 0.2) is 46.4 Å². The van der Waals surface area contributed by atoms with E-state index in [0.29, 0.717) is 21.6 Å². The zero-order valence-corrected chi connectivity index (χ0v) is 12.7. The highest BCUT2D eigenvalue weighted by molar-refractivity contribution is 7.98. The number of phenolic OH excluding ortho intramolecular Hbond substituents is 1. The van der Waals surface area contributed by atoms with E-state index >= 15 is 0 Å². The molecule has 8 heteroatoms. The van der Waals surface area contributed by atoms with E-state index in [4.69, 9.17) is 11.6 Å². The number of aromatic hydroxyl groups is 1. The number of hydrogen-bond donors (Lipinski definition) is 4. The van der Waals surface area contributed by atoms with E-state index in [9.17, 15) is 5.11 Å². The summed E-state index contributed by atoms with van der Waals surface area (Å²) in [6.45, 7) is 0.